The van der Waals surface area contributed by atoms with Crippen LogP contribution in [0.4, 0.5) is 23.1 Å². The summed E-state index contributed by atoms with van der Waals surface area (Å²) >= 11 is 0. The van der Waals surface area contributed by atoms with Crippen LogP contribution in [-0.4, -0.2) is 40.6 Å². The molecule has 3 aromatic rings. The number of rotatable bonds is 8. The quantitative estimate of drug-likeness (QED) is 0.315. The molecule has 0 aliphatic carbocycles. The van der Waals surface area contributed by atoms with Gasteiger partial charge in [-0.15, -0.1) is 24.8 Å². The van der Waals surface area contributed by atoms with Gasteiger partial charge in [0.25, 0.3) is 0 Å². The van der Waals surface area contributed by atoms with Gasteiger partial charge in [-0.25, -0.2) is 4.98 Å². The van der Waals surface area contributed by atoms with Gasteiger partial charge in [0.15, 0.2) is 5.82 Å². The molecule has 0 bridgehead atoms. The van der Waals surface area contributed by atoms with Crippen molar-refractivity contribution >= 4 is 59.0 Å². The molecule has 1 saturated heterocycles. The van der Waals surface area contributed by atoms with E-state index in [4.69, 9.17) is 10.7 Å². The minimum Gasteiger partial charge on any atom is -0.399 e. The molecule has 176 valence electrons. The first-order valence-electron chi connectivity index (χ1n) is 10.8. The number of fused-ring (bicyclic) bond motifs is 1. The first-order chi connectivity index (χ1) is 15.2. The summed E-state index contributed by atoms with van der Waals surface area (Å²) in [5.41, 5.74) is 9.18. The van der Waals surface area contributed by atoms with Gasteiger partial charge in [0.1, 0.15) is 5.52 Å². The second-order valence-corrected chi connectivity index (χ2v) is 7.92. The van der Waals surface area contributed by atoms with E-state index in [1.54, 1.807) is 24.4 Å². The van der Waals surface area contributed by atoms with Crippen LogP contribution in [0.1, 0.15) is 38.2 Å². The number of nitrogen functional groups attached to an aromatic ring is 1. The molecule has 0 unspecified atom stereocenters. The molecule has 0 saturated carbocycles. The molecule has 2 aromatic heterocycles. The standard InChI is InChI=1S/C23H28N8.2ClH/c1-2-3-4-8-26-18-7-10-31(15-18)22-21-20(6-5-9-27-21)29-23(30-22)28-19-12-16(14-24)11-17(25)13-19;;/h5-6,9,11-13,18,26H,2-4,7-8,10,15,25H2,1H3,(H,28,29,30);2*1H/t18-;;/m0../s1. The number of hydrogen-bond acceptors (Lipinski definition) is 8. The molecule has 3 heterocycles. The van der Waals surface area contributed by atoms with Crippen LogP contribution in [0.25, 0.3) is 11.0 Å². The Bertz CT molecular complexity index is 1100. The summed E-state index contributed by atoms with van der Waals surface area (Å²) in [7, 11) is 0. The van der Waals surface area contributed by atoms with Crippen molar-refractivity contribution in [1.82, 2.24) is 20.3 Å². The SMILES string of the molecule is CCCCCN[C@H]1CCN(c2nc(Nc3cc(N)cc(C#N)c3)nc3cccnc23)C1.Cl.Cl. The number of unbranched alkanes of at least 4 members (excludes halogenated alkanes) is 2. The lowest BCUT2D eigenvalue weighted by molar-refractivity contribution is 0.527. The van der Waals surface area contributed by atoms with E-state index in [1.807, 2.05) is 12.1 Å². The van der Waals surface area contributed by atoms with Crippen LogP contribution >= 0.6 is 24.8 Å². The molecule has 0 radical (unpaired) electrons. The van der Waals surface area contributed by atoms with Crippen molar-refractivity contribution in [3.05, 3.63) is 42.1 Å². The van der Waals surface area contributed by atoms with Crippen molar-refractivity contribution < 1.29 is 0 Å². The van der Waals surface area contributed by atoms with Gasteiger partial charge < -0.3 is 21.3 Å². The van der Waals surface area contributed by atoms with E-state index in [2.05, 4.69) is 38.5 Å². The molecule has 1 atom stereocenters. The van der Waals surface area contributed by atoms with E-state index in [0.29, 0.717) is 28.9 Å². The molecule has 1 fully saturated rings. The van der Waals surface area contributed by atoms with Crippen LogP contribution in [0.15, 0.2) is 36.5 Å². The Morgan fingerprint density at radius 3 is 2.85 bits per heavy atom. The smallest absolute Gasteiger partial charge is 0.229 e. The maximum atomic E-state index is 9.21. The highest BCUT2D eigenvalue weighted by Gasteiger charge is 2.25. The normalized spacial score (nSPS) is 14.9. The summed E-state index contributed by atoms with van der Waals surface area (Å²) in [6.45, 7) is 5.09. The average Bonchev–Trinajstić information content (AvgIpc) is 3.24. The molecule has 4 rings (SSSR count). The summed E-state index contributed by atoms with van der Waals surface area (Å²) in [5.74, 6) is 1.29. The van der Waals surface area contributed by atoms with E-state index in [0.717, 1.165) is 42.9 Å². The number of nitrogens with zero attached hydrogens (tertiary/aromatic N) is 5. The van der Waals surface area contributed by atoms with Crippen LogP contribution in [0.5, 0.6) is 0 Å². The van der Waals surface area contributed by atoms with Crippen LogP contribution < -0.4 is 21.3 Å². The summed E-state index contributed by atoms with van der Waals surface area (Å²) in [4.78, 5) is 16.2. The summed E-state index contributed by atoms with van der Waals surface area (Å²) < 4.78 is 0. The average molecular weight is 489 g/mol. The fraction of sp³-hybridized carbons (Fsp3) is 0.391. The minimum absolute atomic E-state index is 0. The van der Waals surface area contributed by atoms with Gasteiger partial charge in [-0.1, -0.05) is 19.8 Å². The molecule has 10 heteroatoms. The van der Waals surface area contributed by atoms with Crippen LogP contribution in [0, 0.1) is 11.3 Å². The second-order valence-electron chi connectivity index (χ2n) is 7.92. The Morgan fingerprint density at radius 1 is 1.21 bits per heavy atom. The lowest BCUT2D eigenvalue weighted by atomic mass is 10.2. The molecular weight excluding hydrogens is 459 g/mol. The topological polar surface area (TPSA) is 116 Å². The van der Waals surface area contributed by atoms with Gasteiger partial charge in [-0.05, 0) is 49.7 Å². The van der Waals surface area contributed by atoms with Gasteiger partial charge in [-0.3, -0.25) is 4.98 Å². The highest BCUT2D eigenvalue weighted by atomic mass is 35.5. The number of nitrogens with two attached hydrogens (primary N) is 1. The zero-order valence-electron chi connectivity index (χ0n) is 18.6. The maximum Gasteiger partial charge on any atom is 0.229 e. The Hall–Kier alpha value is -2.86. The third-order valence-electron chi connectivity index (χ3n) is 5.48. The van der Waals surface area contributed by atoms with Gasteiger partial charge in [-0.2, -0.15) is 10.2 Å². The summed E-state index contributed by atoms with van der Waals surface area (Å²) in [5, 5.41) is 16.1. The molecule has 8 nitrogen and oxygen atoms in total. The Morgan fingerprint density at radius 2 is 2.06 bits per heavy atom. The molecule has 33 heavy (non-hydrogen) atoms. The molecule has 0 amide bonds. The van der Waals surface area contributed by atoms with E-state index >= 15 is 0 Å². The van der Waals surface area contributed by atoms with Gasteiger partial charge in [0.2, 0.25) is 5.95 Å². The second kappa shape index (κ2) is 12.4. The fourth-order valence-electron chi connectivity index (χ4n) is 3.95. The van der Waals surface area contributed by atoms with E-state index in [-0.39, 0.29) is 24.8 Å². The first-order valence-corrected chi connectivity index (χ1v) is 10.8. The summed E-state index contributed by atoms with van der Waals surface area (Å²) in [6, 6.07) is 11.5. The molecule has 1 aliphatic heterocycles. The van der Waals surface area contributed by atoms with Crippen molar-refractivity contribution in [2.45, 2.75) is 38.6 Å². The largest absolute Gasteiger partial charge is 0.399 e. The number of aromatic nitrogens is 3. The predicted octanol–water partition coefficient (Wildman–Crippen LogP) is 4.42. The third kappa shape index (κ3) is 6.57. The number of nitrogens with one attached hydrogen (secondary N) is 2. The number of benzene rings is 1. The molecule has 1 aliphatic rings. The van der Waals surface area contributed by atoms with Crippen molar-refractivity contribution in [3.8, 4) is 6.07 Å². The van der Waals surface area contributed by atoms with Crippen molar-refractivity contribution in [2.75, 3.05) is 35.6 Å². The lowest BCUT2D eigenvalue weighted by Gasteiger charge is -2.20. The summed E-state index contributed by atoms with van der Waals surface area (Å²) in [6.07, 6.45) is 6.56. The first kappa shape index (κ1) is 26.4. The van der Waals surface area contributed by atoms with Crippen molar-refractivity contribution in [2.24, 2.45) is 0 Å². The Balaban J connectivity index is 0.00000193. The maximum absolute atomic E-state index is 9.21. The zero-order chi connectivity index (χ0) is 21.6. The number of halogens is 2. The predicted molar refractivity (Wildman–Crippen MR) is 139 cm³/mol. The monoisotopic (exact) mass is 488 g/mol. The third-order valence-corrected chi connectivity index (χ3v) is 5.48. The number of nitriles is 1. The Labute approximate surface area is 206 Å². The molecular formula is C23H30Cl2N8. The highest BCUT2D eigenvalue weighted by Crippen LogP contribution is 2.28. The zero-order valence-corrected chi connectivity index (χ0v) is 20.3. The van der Waals surface area contributed by atoms with Crippen molar-refractivity contribution in [3.63, 3.8) is 0 Å². The van der Waals surface area contributed by atoms with Gasteiger partial charge >= 0.3 is 0 Å². The Kier molecular flexibility index (Phi) is 9.92. The fourth-order valence-corrected chi connectivity index (χ4v) is 3.95. The highest BCUT2D eigenvalue weighted by molar-refractivity contribution is 5.87. The minimum atomic E-state index is 0. The van der Waals surface area contributed by atoms with Crippen LogP contribution in [0.3, 0.4) is 0 Å². The van der Waals surface area contributed by atoms with Crippen molar-refractivity contribution in [1.29, 1.82) is 5.26 Å². The van der Waals surface area contributed by atoms with E-state index in [1.165, 1.54) is 19.3 Å². The molecule has 0 spiro atoms. The van der Waals surface area contributed by atoms with E-state index < -0.39 is 0 Å². The molecule has 1 aromatic carbocycles. The van der Waals surface area contributed by atoms with Crippen LogP contribution in [0.2, 0.25) is 0 Å². The number of pyridine rings is 1. The molecule has 4 N–H and O–H groups in total. The number of hydrogen-bond donors (Lipinski definition) is 3. The lowest BCUT2D eigenvalue weighted by Crippen LogP contribution is -2.33. The number of anilines is 4. The van der Waals surface area contributed by atoms with Gasteiger partial charge in [0.05, 0.1) is 17.1 Å². The van der Waals surface area contributed by atoms with Crippen LogP contribution in [-0.2, 0) is 0 Å². The van der Waals surface area contributed by atoms with Gasteiger partial charge in [0, 0.05) is 36.7 Å². The van der Waals surface area contributed by atoms with E-state index in [9.17, 15) is 5.26 Å².